The molecule has 22 heavy (non-hydrogen) atoms. The summed E-state index contributed by atoms with van der Waals surface area (Å²) in [5.74, 6) is -0.409. The molecule has 0 aliphatic carbocycles. The third kappa shape index (κ3) is 3.57. The van der Waals surface area contributed by atoms with Gasteiger partial charge in [-0.1, -0.05) is 6.92 Å². The van der Waals surface area contributed by atoms with E-state index in [1.165, 1.54) is 16.6 Å². The number of rotatable bonds is 4. The quantitative estimate of drug-likeness (QED) is 0.849. The minimum Gasteiger partial charge on any atom is -0.369 e. The van der Waals surface area contributed by atoms with Crippen molar-refractivity contribution in [2.45, 2.75) is 25.8 Å². The van der Waals surface area contributed by atoms with Gasteiger partial charge in [-0.3, -0.25) is 0 Å². The molecule has 1 aliphatic heterocycles. The van der Waals surface area contributed by atoms with E-state index in [1.807, 2.05) is 17.9 Å². The summed E-state index contributed by atoms with van der Waals surface area (Å²) in [6.07, 6.45) is 2.56. The van der Waals surface area contributed by atoms with E-state index in [4.69, 9.17) is 5.26 Å². The Morgan fingerprint density at radius 3 is 2.50 bits per heavy atom. The Morgan fingerprint density at radius 2 is 2.05 bits per heavy atom. The van der Waals surface area contributed by atoms with Crippen LogP contribution >= 0.6 is 0 Å². The van der Waals surface area contributed by atoms with Crippen LogP contribution in [0.1, 0.15) is 25.3 Å². The minimum atomic E-state index is -3.21. The topological polar surface area (TPSA) is 64.4 Å². The molecule has 1 aromatic carbocycles. The van der Waals surface area contributed by atoms with Gasteiger partial charge in [0.15, 0.2) is 0 Å². The number of hydrogen-bond acceptors (Lipinski definition) is 4. The SMILES string of the molecule is CCN(C1CCN(c2ccc(C#N)cc2F)CC1)S(C)(=O)=O. The third-order valence-corrected chi connectivity index (χ3v) is 5.44. The summed E-state index contributed by atoms with van der Waals surface area (Å²) in [4.78, 5) is 1.91. The number of anilines is 1. The van der Waals surface area contributed by atoms with Crippen LogP contribution < -0.4 is 4.90 Å². The van der Waals surface area contributed by atoms with E-state index in [0.717, 1.165) is 0 Å². The molecule has 0 radical (unpaired) electrons. The molecule has 0 atom stereocenters. The normalized spacial score (nSPS) is 16.8. The number of piperidine rings is 1. The fraction of sp³-hybridized carbons (Fsp3) is 0.533. The molecule has 0 aromatic heterocycles. The van der Waals surface area contributed by atoms with E-state index in [0.29, 0.717) is 43.7 Å². The van der Waals surface area contributed by atoms with Gasteiger partial charge in [0.05, 0.1) is 23.6 Å². The number of sulfonamides is 1. The largest absolute Gasteiger partial charge is 0.369 e. The number of nitriles is 1. The van der Waals surface area contributed by atoms with Crippen molar-refractivity contribution in [2.75, 3.05) is 30.8 Å². The maximum absolute atomic E-state index is 14.0. The lowest BCUT2D eigenvalue weighted by atomic mass is 10.0. The standard InChI is InChI=1S/C15H20FN3O2S/c1-3-19(22(2,20)21)13-6-8-18(9-7-13)15-5-4-12(11-17)10-14(15)16/h4-5,10,13H,3,6-9H2,1-2H3. The second-order valence-corrected chi connectivity index (χ2v) is 7.40. The van der Waals surface area contributed by atoms with Crippen LogP contribution in [0.4, 0.5) is 10.1 Å². The van der Waals surface area contributed by atoms with Crippen LogP contribution in [0.5, 0.6) is 0 Å². The van der Waals surface area contributed by atoms with Crippen molar-refractivity contribution < 1.29 is 12.8 Å². The molecule has 0 saturated carbocycles. The summed E-state index contributed by atoms with van der Waals surface area (Å²) in [5.41, 5.74) is 0.769. The maximum Gasteiger partial charge on any atom is 0.211 e. The van der Waals surface area contributed by atoms with Gasteiger partial charge in [-0.25, -0.2) is 12.8 Å². The summed E-state index contributed by atoms with van der Waals surface area (Å²) >= 11 is 0. The van der Waals surface area contributed by atoms with Gasteiger partial charge in [0.2, 0.25) is 10.0 Å². The lowest BCUT2D eigenvalue weighted by Gasteiger charge is -2.38. The molecule has 120 valence electrons. The molecule has 1 saturated heterocycles. The molecule has 1 heterocycles. The molecular weight excluding hydrogens is 305 g/mol. The van der Waals surface area contributed by atoms with Crippen LogP contribution in [0, 0.1) is 17.1 Å². The highest BCUT2D eigenvalue weighted by atomic mass is 32.2. The molecule has 0 bridgehead atoms. The second-order valence-electron chi connectivity index (χ2n) is 5.46. The van der Waals surface area contributed by atoms with Crippen LogP contribution in [-0.2, 0) is 10.0 Å². The van der Waals surface area contributed by atoms with Crippen molar-refractivity contribution in [2.24, 2.45) is 0 Å². The molecule has 7 heteroatoms. The Morgan fingerprint density at radius 1 is 1.41 bits per heavy atom. The predicted octanol–water partition coefficient (Wildman–Crippen LogP) is 1.95. The number of benzene rings is 1. The molecule has 0 amide bonds. The van der Waals surface area contributed by atoms with Crippen molar-refractivity contribution >= 4 is 15.7 Å². The Hall–Kier alpha value is -1.65. The smallest absolute Gasteiger partial charge is 0.211 e. The van der Waals surface area contributed by atoms with Gasteiger partial charge in [0.25, 0.3) is 0 Å². The van der Waals surface area contributed by atoms with E-state index in [1.54, 1.807) is 12.1 Å². The molecule has 1 aliphatic rings. The summed E-state index contributed by atoms with van der Waals surface area (Å²) in [6, 6.07) is 6.32. The maximum atomic E-state index is 14.0. The summed E-state index contributed by atoms with van der Waals surface area (Å²) in [6.45, 7) is 3.47. The molecule has 0 spiro atoms. The molecular formula is C15H20FN3O2S. The van der Waals surface area contributed by atoms with Crippen LogP contribution in [0.25, 0.3) is 0 Å². The zero-order valence-corrected chi connectivity index (χ0v) is 13.6. The fourth-order valence-electron chi connectivity index (χ4n) is 2.99. The van der Waals surface area contributed by atoms with Crippen molar-refractivity contribution in [3.8, 4) is 6.07 Å². The molecule has 1 aromatic rings. The zero-order chi connectivity index (χ0) is 16.3. The first-order valence-corrected chi connectivity index (χ1v) is 9.13. The lowest BCUT2D eigenvalue weighted by molar-refractivity contribution is 0.285. The van der Waals surface area contributed by atoms with Gasteiger partial charge < -0.3 is 4.90 Å². The molecule has 2 rings (SSSR count). The van der Waals surface area contributed by atoms with E-state index in [-0.39, 0.29) is 6.04 Å². The highest BCUT2D eigenvalue weighted by Crippen LogP contribution is 2.26. The summed E-state index contributed by atoms with van der Waals surface area (Å²) < 4.78 is 39.1. The Bertz CT molecular complexity index is 677. The number of hydrogen-bond donors (Lipinski definition) is 0. The van der Waals surface area contributed by atoms with E-state index < -0.39 is 15.8 Å². The first-order chi connectivity index (χ1) is 10.4. The zero-order valence-electron chi connectivity index (χ0n) is 12.8. The minimum absolute atomic E-state index is 0.0299. The van der Waals surface area contributed by atoms with Gasteiger partial charge in [0.1, 0.15) is 5.82 Å². The highest BCUT2D eigenvalue weighted by molar-refractivity contribution is 7.88. The Balaban J connectivity index is 2.08. The van der Waals surface area contributed by atoms with Crippen LogP contribution in [0.3, 0.4) is 0 Å². The molecule has 1 fully saturated rings. The summed E-state index contributed by atoms with van der Waals surface area (Å²) in [7, 11) is -3.21. The first kappa shape index (κ1) is 16.7. The van der Waals surface area contributed by atoms with E-state index in [2.05, 4.69) is 0 Å². The molecule has 0 N–H and O–H groups in total. The van der Waals surface area contributed by atoms with Gasteiger partial charge >= 0.3 is 0 Å². The lowest BCUT2D eigenvalue weighted by Crippen LogP contribution is -2.47. The van der Waals surface area contributed by atoms with Crippen molar-refractivity contribution in [3.05, 3.63) is 29.6 Å². The van der Waals surface area contributed by atoms with Gasteiger partial charge in [-0.05, 0) is 31.0 Å². The highest BCUT2D eigenvalue weighted by Gasteiger charge is 2.29. The Kier molecular flexibility index (Phi) is 5.04. The van der Waals surface area contributed by atoms with E-state index in [9.17, 15) is 12.8 Å². The molecule has 0 unspecified atom stereocenters. The van der Waals surface area contributed by atoms with Gasteiger partial charge in [-0.2, -0.15) is 9.57 Å². The fourth-order valence-corrected chi connectivity index (χ4v) is 4.21. The number of halogens is 1. The van der Waals surface area contributed by atoms with Crippen LogP contribution in [0.15, 0.2) is 18.2 Å². The average molecular weight is 325 g/mol. The molecule has 5 nitrogen and oxygen atoms in total. The Labute approximate surface area is 131 Å². The van der Waals surface area contributed by atoms with E-state index >= 15 is 0 Å². The van der Waals surface area contributed by atoms with Crippen LogP contribution in [0.2, 0.25) is 0 Å². The predicted molar refractivity (Wildman–Crippen MR) is 83.6 cm³/mol. The average Bonchev–Trinajstić information content (AvgIpc) is 2.47. The second kappa shape index (κ2) is 6.63. The van der Waals surface area contributed by atoms with Crippen molar-refractivity contribution in [3.63, 3.8) is 0 Å². The van der Waals surface area contributed by atoms with Crippen LogP contribution in [-0.4, -0.2) is 44.7 Å². The van der Waals surface area contributed by atoms with Crippen molar-refractivity contribution in [1.29, 1.82) is 5.26 Å². The van der Waals surface area contributed by atoms with Gasteiger partial charge in [-0.15, -0.1) is 0 Å². The third-order valence-electron chi connectivity index (χ3n) is 4.03. The number of nitrogens with zero attached hydrogens (tertiary/aromatic N) is 3. The van der Waals surface area contributed by atoms with Gasteiger partial charge in [0, 0.05) is 25.7 Å². The monoisotopic (exact) mass is 325 g/mol. The summed E-state index contributed by atoms with van der Waals surface area (Å²) in [5, 5.41) is 8.77. The van der Waals surface area contributed by atoms with Crippen molar-refractivity contribution in [1.82, 2.24) is 4.31 Å². The first-order valence-electron chi connectivity index (χ1n) is 7.28.